The number of ether oxygens (including phenoxy) is 2. The highest BCUT2D eigenvalue weighted by Crippen LogP contribution is 2.34. The van der Waals surface area contributed by atoms with E-state index in [0.29, 0.717) is 11.3 Å². The van der Waals surface area contributed by atoms with Gasteiger partial charge in [-0.15, -0.1) is 0 Å². The number of hydrogen-bond donors (Lipinski definition) is 1. The molecule has 2 amide bonds. The van der Waals surface area contributed by atoms with Crippen LogP contribution < -0.4 is 19.1 Å². The smallest absolute Gasteiger partial charge is 0.244 e. The van der Waals surface area contributed by atoms with Crippen molar-refractivity contribution in [1.82, 2.24) is 10.2 Å². The molecule has 2 aromatic carbocycles. The van der Waals surface area contributed by atoms with Gasteiger partial charge in [-0.05, 0) is 57.0 Å². The number of hydrogen-bond acceptors (Lipinski definition) is 6. The molecule has 11 heteroatoms. The summed E-state index contributed by atoms with van der Waals surface area (Å²) in [6.45, 7) is 6.61. The lowest BCUT2D eigenvalue weighted by molar-refractivity contribution is -0.141. The van der Waals surface area contributed by atoms with Gasteiger partial charge in [-0.25, -0.2) is 12.8 Å². The number of sulfonamides is 1. The first kappa shape index (κ1) is 29.9. The van der Waals surface area contributed by atoms with Gasteiger partial charge in [0.15, 0.2) is 0 Å². The van der Waals surface area contributed by atoms with Crippen LogP contribution in [0.15, 0.2) is 42.5 Å². The molecule has 1 unspecified atom stereocenters. The monoisotopic (exact) mass is 537 g/mol. The number of carbonyl (C=O) groups is 2. The van der Waals surface area contributed by atoms with Crippen molar-refractivity contribution in [3.63, 3.8) is 0 Å². The van der Waals surface area contributed by atoms with Crippen molar-refractivity contribution < 1.29 is 31.9 Å². The second-order valence-corrected chi connectivity index (χ2v) is 11.5. The largest absolute Gasteiger partial charge is 0.497 e. The van der Waals surface area contributed by atoms with E-state index >= 15 is 0 Å². The van der Waals surface area contributed by atoms with Crippen LogP contribution in [0.2, 0.25) is 0 Å². The number of nitrogens with one attached hydrogen (secondary N) is 1. The summed E-state index contributed by atoms with van der Waals surface area (Å²) in [5.41, 5.74) is 0.148. The van der Waals surface area contributed by atoms with Gasteiger partial charge in [-0.3, -0.25) is 13.9 Å². The van der Waals surface area contributed by atoms with E-state index < -0.39 is 39.9 Å². The molecule has 37 heavy (non-hydrogen) atoms. The predicted octanol–water partition coefficient (Wildman–Crippen LogP) is 3.33. The Morgan fingerprint density at radius 3 is 2.16 bits per heavy atom. The van der Waals surface area contributed by atoms with Crippen LogP contribution in [0.4, 0.5) is 10.1 Å². The fourth-order valence-electron chi connectivity index (χ4n) is 3.75. The minimum atomic E-state index is -3.96. The van der Waals surface area contributed by atoms with Gasteiger partial charge in [0.1, 0.15) is 29.9 Å². The lowest BCUT2D eigenvalue weighted by Gasteiger charge is -2.34. The maximum Gasteiger partial charge on any atom is 0.244 e. The highest BCUT2D eigenvalue weighted by atomic mass is 32.2. The maximum absolute atomic E-state index is 13.8. The van der Waals surface area contributed by atoms with E-state index in [2.05, 4.69) is 5.32 Å². The molecule has 0 spiro atoms. The molecule has 2 aromatic rings. The van der Waals surface area contributed by atoms with Crippen molar-refractivity contribution in [1.29, 1.82) is 0 Å². The van der Waals surface area contributed by atoms with Crippen LogP contribution in [-0.4, -0.2) is 63.7 Å². The molecule has 9 nitrogen and oxygen atoms in total. The second-order valence-electron chi connectivity index (χ2n) is 9.62. The fourth-order valence-corrected chi connectivity index (χ4v) is 4.59. The summed E-state index contributed by atoms with van der Waals surface area (Å²) in [4.78, 5) is 28.3. The van der Waals surface area contributed by atoms with Gasteiger partial charge in [0.2, 0.25) is 21.8 Å². The predicted molar refractivity (Wildman–Crippen MR) is 141 cm³/mol. The second kappa shape index (κ2) is 12.3. The van der Waals surface area contributed by atoms with Crippen molar-refractivity contribution in [2.75, 3.05) is 31.3 Å². The van der Waals surface area contributed by atoms with Crippen LogP contribution in [0.5, 0.6) is 11.5 Å². The standard InChI is InChI=1S/C26H36FN3O6S/c1-8-21(25(32)28-26(2,3)4)29(16-18-9-11-19(27)12-10-18)24(31)17-30(37(7,33)34)22-15-20(35-5)13-14-23(22)36-6/h9-15,21H,8,16-17H2,1-7H3,(H,28,32). The van der Waals surface area contributed by atoms with Crippen LogP contribution in [0, 0.1) is 5.82 Å². The molecule has 0 fully saturated rings. The Kier molecular flexibility index (Phi) is 9.91. The third-order valence-electron chi connectivity index (χ3n) is 5.48. The first-order valence-electron chi connectivity index (χ1n) is 11.8. The third-order valence-corrected chi connectivity index (χ3v) is 6.61. The molecule has 0 aliphatic rings. The van der Waals surface area contributed by atoms with E-state index in [1.165, 1.54) is 49.5 Å². The number of rotatable bonds is 11. The summed E-state index contributed by atoms with van der Waals surface area (Å²) in [6.07, 6.45) is 1.25. The summed E-state index contributed by atoms with van der Waals surface area (Å²) in [7, 11) is -1.14. The molecule has 0 aromatic heterocycles. The molecule has 2 rings (SSSR count). The van der Waals surface area contributed by atoms with Crippen LogP contribution >= 0.6 is 0 Å². The SMILES string of the molecule is CCC(C(=O)NC(C)(C)C)N(Cc1ccc(F)cc1)C(=O)CN(c1cc(OC)ccc1OC)S(C)(=O)=O. The quantitative estimate of drug-likeness (QED) is 0.472. The molecule has 0 heterocycles. The number of halogens is 1. The third kappa shape index (κ3) is 8.34. The summed E-state index contributed by atoms with van der Waals surface area (Å²) < 4.78 is 50.7. The Hall–Kier alpha value is -3.34. The zero-order chi connectivity index (χ0) is 28.0. The molecular weight excluding hydrogens is 501 g/mol. The zero-order valence-corrected chi connectivity index (χ0v) is 23.2. The Morgan fingerprint density at radius 1 is 1.05 bits per heavy atom. The summed E-state index contributed by atoms with van der Waals surface area (Å²) >= 11 is 0. The molecule has 0 aliphatic heterocycles. The highest BCUT2D eigenvalue weighted by molar-refractivity contribution is 7.92. The van der Waals surface area contributed by atoms with Crippen LogP contribution in [0.3, 0.4) is 0 Å². The average Bonchev–Trinajstić information content (AvgIpc) is 2.81. The normalized spacial score (nSPS) is 12.4. The maximum atomic E-state index is 13.8. The lowest BCUT2D eigenvalue weighted by Crippen LogP contribution is -2.55. The zero-order valence-electron chi connectivity index (χ0n) is 22.4. The fraction of sp³-hybridized carbons (Fsp3) is 0.462. The van der Waals surface area contributed by atoms with Gasteiger partial charge in [0.05, 0.1) is 26.2 Å². The number of nitrogens with zero attached hydrogens (tertiary/aromatic N) is 2. The highest BCUT2D eigenvalue weighted by Gasteiger charge is 2.33. The van der Waals surface area contributed by atoms with Crippen molar-refractivity contribution in [2.24, 2.45) is 0 Å². The van der Waals surface area contributed by atoms with Crippen LogP contribution in [0.25, 0.3) is 0 Å². The van der Waals surface area contributed by atoms with Gasteiger partial charge in [-0.1, -0.05) is 19.1 Å². The number of carbonyl (C=O) groups excluding carboxylic acids is 2. The van der Waals surface area contributed by atoms with Gasteiger partial charge in [-0.2, -0.15) is 0 Å². The van der Waals surface area contributed by atoms with E-state index in [0.717, 1.165) is 10.6 Å². The Morgan fingerprint density at radius 2 is 1.68 bits per heavy atom. The molecule has 0 aliphatic carbocycles. The molecule has 1 N–H and O–H groups in total. The van der Waals surface area contributed by atoms with Crippen molar-refractivity contribution >= 4 is 27.5 Å². The molecular formula is C26H36FN3O6S. The molecule has 204 valence electrons. The summed E-state index contributed by atoms with van der Waals surface area (Å²) in [5.74, 6) is -0.837. The molecule has 0 saturated carbocycles. The minimum absolute atomic E-state index is 0.0258. The van der Waals surface area contributed by atoms with E-state index in [9.17, 15) is 22.4 Å². The average molecular weight is 538 g/mol. The van der Waals surface area contributed by atoms with Crippen LogP contribution in [-0.2, 0) is 26.2 Å². The van der Waals surface area contributed by atoms with Gasteiger partial charge >= 0.3 is 0 Å². The van der Waals surface area contributed by atoms with Gasteiger partial charge < -0.3 is 19.7 Å². The Balaban J connectivity index is 2.54. The number of anilines is 1. The summed E-state index contributed by atoms with van der Waals surface area (Å²) in [6, 6.07) is 9.27. The van der Waals surface area contributed by atoms with Crippen LogP contribution in [0.1, 0.15) is 39.7 Å². The Labute approximate surface area is 218 Å². The van der Waals surface area contributed by atoms with E-state index in [1.54, 1.807) is 19.1 Å². The Bertz CT molecular complexity index is 1200. The van der Waals surface area contributed by atoms with Crippen molar-refractivity contribution in [2.45, 2.75) is 52.2 Å². The topological polar surface area (TPSA) is 105 Å². The van der Waals surface area contributed by atoms with E-state index in [4.69, 9.17) is 9.47 Å². The summed E-state index contributed by atoms with van der Waals surface area (Å²) in [5, 5.41) is 2.89. The molecule has 1 atom stereocenters. The number of methoxy groups -OCH3 is 2. The van der Waals surface area contributed by atoms with E-state index in [1.807, 2.05) is 20.8 Å². The molecule has 0 saturated heterocycles. The first-order chi connectivity index (χ1) is 17.2. The van der Waals surface area contributed by atoms with Gasteiger partial charge in [0.25, 0.3) is 0 Å². The number of amides is 2. The van der Waals surface area contributed by atoms with E-state index in [-0.39, 0.29) is 30.3 Å². The van der Waals surface area contributed by atoms with Gasteiger partial charge in [0, 0.05) is 18.2 Å². The minimum Gasteiger partial charge on any atom is -0.497 e. The first-order valence-corrected chi connectivity index (χ1v) is 13.6. The van der Waals surface area contributed by atoms with Crippen molar-refractivity contribution in [3.8, 4) is 11.5 Å². The lowest BCUT2D eigenvalue weighted by atomic mass is 10.1. The molecule has 0 bridgehead atoms. The molecule has 0 radical (unpaired) electrons. The van der Waals surface area contributed by atoms with Crippen molar-refractivity contribution in [3.05, 3.63) is 53.8 Å². The number of benzene rings is 2.